The number of carbonyl (C=O) groups excluding carboxylic acids is 1. The normalized spacial score (nSPS) is 10.5. The second-order valence-corrected chi connectivity index (χ2v) is 4.59. The first-order valence-corrected chi connectivity index (χ1v) is 7.18. The Balaban J connectivity index is 2.28. The minimum Gasteiger partial charge on any atom is -0.490 e. The molecule has 1 heterocycles. The molecule has 0 aliphatic rings. The van der Waals surface area contributed by atoms with Crippen LogP contribution in [0.2, 0.25) is 0 Å². The summed E-state index contributed by atoms with van der Waals surface area (Å²) in [6.07, 6.45) is 1.79. The first kappa shape index (κ1) is 15.9. The zero-order chi connectivity index (χ0) is 15.9. The van der Waals surface area contributed by atoms with Crippen molar-refractivity contribution in [1.82, 2.24) is 15.4 Å². The Morgan fingerprint density at radius 1 is 1.32 bits per heavy atom. The maximum Gasteiger partial charge on any atom is 0.361 e. The van der Waals surface area contributed by atoms with Crippen molar-refractivity contribution in [2.45, 2.75) is 26.7 Å². The van der Waals surface area contributed by atoms with E-state index < -0.39 is 11.8 Å². The van der Waals surface area contributed by atoms with E-state index in [0.717, 1.165) is 12.8 Å². The predicted octanol–water partition coefficient (Wildman–Crippen LogP) is 2.97. The fourth-order valence-corrected chi connectivity index (χ4v) is 1.86. The Kier molecular flexibility index (Phi) is 5.46. The number of H-pyrrole nitrogens is 1. The van der Waals surface area contributed by atoms with Crippen molar-refractivity contribution in [3.05, 3.63) is 29.7 Å². The number of nitrogens with zero attached hydrogens (tertiary/aromatic N) is 2. The average Bonchev–Trinajstić information content (AvgIpc) is 2.99. The van der Waals surface area contributed by atoms with Crippen LogP contribution in [0.25, 0.3) is 11.3 Å². The molecular formula is C15H18FN3O3. The number of aromatic nitrogens is 3. The van der Waals surface area contributed by atoms with E-state index in [-0.39, 0.29) is 18.1 Å². The summed E-state index contributed by atoms with van der Waals surface area (Å²) in [5.74, 6) is -0.909. The lowest BCUT2D eigenvalue weighted by Gasteiger charge is -2.08. The Morgan fingerprint density at radius 2 is 2.14 bits per heavy atom. The third-order valence-electron chi connectivity index (χ3n) is 2.98. The van der Waals surface area contributed by atoms with Gasteiger partial charge in [0.1, 0.15) is 5.69 Å². The Morgan fingerprint density at radius 3 is 2.86 bits per heavy atom. The van der Waals surface area contributed by atoms with Crippen molar-refractivity contribution < 1.29 is 18.7 Å². The van der Waals surface area contributed by atoms with E-state index in [0.29, 0.717) is 17.9 Å². The van der Waals surface area contributed by atoms with Gasteiger partial charge in [0, 0.05) is 5.56 Å². The van der Waals surface area contributed by atoms with E-state index in [1.807, 2.05) is 6.92 Å². The molecule has 0 fully saturated rings. The number of rotatable bonds is 7. The first-order chi connectivity index (χ1) is 10.7. The van der Waals surface area contributed by atoms with Crippen molar-refractivity contribution in [2.75, 3.05) is 13.2 Å². The first-order valence-electron chi connectivity index (χ1n) is 7.18. The third kappa shape index (κ3) is 3.60. The molecule has 1 N–H and O–H groups in total. The lowest BCUT2D eigenvalue weighted by Crippen LogP contribution is -2.07. The molecule has 0 spiro atoms. The largest absolute Gasteiger partial charge is 0.490 e. The molecule has 6 nitrogen and oxygen atoms in total. The van der Waals surface area contributed by atoms with E-state index in [9.17, 15) is 9.18 Å². The number of halogens is 1. The van der Waals surface area contributed by atoms with Crippen LogP contribution in [0.4, 0.5) is 4.39 Å². The summed E-state index contributed by atoms with van der Waals surface area (Å²) in [5, 5.41) is 10.1. The van der Waals surface area contributed by atoms with Crippen LogP contribution in [-0.4, -0.2) is 34.6 Å². The molecule has 0 aliphatic heterocycles. The van der Waals surface area contributed by atoms with Gasteiger partial charge in [-0.15, -0.1) is 5.10 Å². The predicted molar refractivity (Wildman–Crippen MR) is 78.1 cm³/mol. The molecular weight excluding hydrogens is 289 g/mol. The molecule has 0 bridgehead atoms. The highest BCUT2D eigenvalue weighted by Crippen LogP contribution is 2.27. The van der Waals surface area contributed by atoms with Crippen molar-refractivity contribution in [3.63, 3.8) is 0 Å². The van der Waals surface area contributed by atoms with Gasteiger partial charge in [0.05, 0.1) is 13.2 Å². The molecule has 7 heteroatoms. The van der Waals surface area contributed by atoms with Gasteiger partial charge in [0.15, 0.2) is 17.3 Å². The molecule has 2 rings (SSSR count). The Hall–Kier alpha value is -2.44. The van der Waals surface area contributed by atoms with Gasteiger partial charge < -0.3 is 9.47 Å². The second-order valence-electron chi connectivity index (χ2n) is 4.59. The molecule has 0 amide bonds. The fraction of sp³-hybridized carbons (Fsp3) is 0.400. The molecule has 1 aromatic carbocycles. The van der Waals surface area contributed by atoms with Crippen LogP contribution in [-0.2, 0) is 4.74 Å². The highest BCUT2D eigenvalue weighted by Gasteiger charge is 2.20. The summed E-state index contributed by atoms with van der Waals surface area (Å²) in [6.45, 7) is 4.40. The van der Waals surface area contributed by atoms with Gasteiger partial charge >= 0.3 is 5.97 Å². The van der Waals surface area contributed by atoms with Gasteiger partial charge in [-0.2, -0.15) is 10.3 Å². The van der Waals surface area contributed by atoms with Crippen LogP contribution in [0, 0.1) is 5.82 Å². The summed E-state index contributed by atoms with van der Waals surface area (Å²) in [6, 6.07) is 4.30. The number of aromatic amines is 1. The van der Waals surface area contributed by atoms with E-state index in [1.165, 1.54) is 18.2 Å². The second kappa shape index (κ2) is 7.53. The molecule has 0 radical (unpaired) electrons. The number of hydrogen-bond donors (Lipinski definition) is 1. The van der Waals surface area contributed by atoms with Crippen molar-refractivity contribution in [3.8, 4) is 17.0 Å². The maximum atomic E-state index is 13.8. The van der Waals surface area contributed by atoms with Crippen LogP contribution in [0.15, 0.2) is 18.2 Å². The lowest BCUT2D eigenvalue weighted by atomic mass is 10.1. The standard InChI is InChI=1S/C15H18FN3O3/c1-3-5-8-22-12-9-10(6-7-11(12)16)13-14(18-19-17-13)15(20)21-4-2/h6-7,9H,3-5,8H2,1-2H3,(H,17,18,19). The lowest BCUT2D eigenvalue weighted by molar-refractivity contribution is 0.0520. The Labute approximate surface area is 127 Å². The third-order valence-corrected chi connectivity index (χ3v) is 2.98. The van der Waals surface area contributed by atoms with E-state index >= 15 is 0 Å². The number of ether oxygens (including phenoxy) is 2. The number of nitrogens with one attached hydrogen (secondary N) is 1. The quantitative estimate of drug-likeness (QED) is 0.628. The average molecular weight is 307 g/mol. The minimum atomic E-state index is -0.580. The van der Waals surface area contributed by atoms with Crippen LogP contribution in [0.3, 0.4) is 0 Å². The van der Waals surface area contributed by atoms with Gasteiger partial charge in [-0.3, -0.25) is 0 Å². The minimum absolute atomic E-state index is 0.0629. The van der Waals surface area contributed by atoms with Gasteiger partial charge in [-0.1, -0.05) is 13.3 Å². The number of esters is 1. The van der Waals surface area contributed by atoms with Gasteiger partial charge in [0.2, 0.25) is 0 Å². The number of benzene rings is 1. The topological polar surface area (TPSA) is 77.1 Å². The van der Waals surface area contributed by atoms with E-state index in [1.54, 1.807) is 6.92 Å². The zero-order valence-corrected chi connectivity index (χ0v) is 12.6. The molecule has 0 aliphatic carbocycles. The monoisotopic (exact) mass is 307 g/mol. The summed E-state index contributed by atoms with van der Waals surface area (Å²) in [7, 11) is 0. The van der Waals surface area contributed by atoms with Crippen LogP contribution in [0.1, 0.15) is 37.2 Å². The van der Waals surface area contributed by atoms with Crippen LogP contribution >= 0.6 is 0 Å². The smallest absolute Gasteiger partial charge is 0.361 e. The maximum absolute atomic E-state index is 13.8. The molecule has 22 heavy (non-hydrogen) atoms. The molecule has 2 aromatic rings. The van der Waals surface area contributed by atoms with Gasteiger partial charge in [-0.05, 0) is 31.5 Å². The van der Waals surface area contributed by atoms with Crippen molar-refractivity contribution in [2.24, 2.45) is 0 Å². The number of hydrogen-bond acceptors (Lipinski definition) is 5. The molecule has 118 valence electrons. The molecule has 1 aromatic heterocycles. The molecule has 0 saturated carbocycles. The van der Waals surface area contributed by atoms with Crippen LogP contribution in [0.5, 0.6) is 5.75 Å². The molecule has 0 unspecified atom stereocenters. The van der Waals surface area contributed by atoms with Gasteiger partial charge in [0.25, 0.3) is 0 Å². The SMILES string of the molecule is CCCCOc1cc(-c2n[nH]nc2C(=O)OCC)ccc1F. The van der Waals surface area contributed by atoms with Gasteiger partial charge in [-0.25, -0.2) is 9.18 Å². The van der Waals surface area contributed by atoms with Crippen molar-refractivity contribution >= 4 is 5.97 Å². The fourth-order valence-electron chi connectivity index (χ4n) is 1.86. The molecule has 0 atom stereocenters. The summed E-state index contributed by atoms with van der Waals surface area (Å²) in [4.78, 5) is 11.8. The van der Waals surface area contributed by atoms with E-state index in [4.69, 9.17) is 9.47 Å². The number of unbranched alkanes of at least 4 members (excludes halogenated alkanes) is 1. The zero-order valence-electron chi connectivity index (χ0n) is 12.6. The highest BCUT2D eigenvalue weighted by atomic mass is 19.1. The summed E-state index contributed by atoms with van der Waals surface area (Å²) in [5.41, 5.74) is 0.899. The van der Waals surface area contributed by atoms with Crippen molar-refractivity contribution in [1.29, 1.82) is 0 Å². The summed E-state index contributed by atoms with van der Waals surface area (Å²) >= 11 is 0. The van der Waals surface area contributed by atoms with E-state index in [2.05, 4.69) is 15.4 Å². The Bertz CT molecular complexity index is 643. The number of carbonyl (C=O) groups is 1. The molecule has 0 saturated heterocycles. The highest BCUT2D eigenvalue weighted by molar-refractivity contribution is 5.93. The van der Waals surface area contributed by atoms with Crippen LogP contribution < -0.4 is 4.74 Å². The summed E-state index contributed by atoms with van der Waals surface area (Å²) < 4.78 is 24.1.